The molecule has 1 aromatic carbocycles. The summed E-state index contributed by atoms with van der Waals surface area (Å²) in [4.78, 5) is 39.4. The van der Waals surface area contributed by atoms with E-state index in [4.69, 9.17) is 14.2 Å². The van der Waals surface area contributed by atoms with Crippen molar-refractivity contribution in [3.05, 3.63) is 35.9 Å². The van der Waals surface area contributed by atoms with Gasteiger partial charge in [-0.25, -0.2) is 9.59 Å². The lowest BCUT2D eigenvalue weighted by Crippen LogP contribution is -2.52. The van der Waals surface area contributed by atoms with E-state index in [9.17, 15) is 14.4 Å². The van der Waals surface area contributed by atoms with Gasteiger partial charge in [-0.3, -0.25) is 4.79 Å². The van der Waals surface area contributed by atoms with E-state index >= 15 is 0 Å². The van der Waals surface area contributed by atoms with Gasteiger partial charge in [-0.2, -0.15) is 0 Å². The minimum atomic E-state index is -0.608. The number of carbonyl (C=O) groups excluding carboxylic acids is 3. The topological polar surface area (TPSA) is 106 Å². The van der Waals surface area contributed by atoms with Gasteiger partial charge in [0.1, 0.15) is 18.2 Å². The summed E-state index contributed by atoms with van der Waals surface area (Å²) in [5, 5.41) is 5.57. The van der Waals surface area contributed by atoms with Crippen molar-refractivity contribution in [2.45, 2.75) is 76.9 Å². The number of benzene rings is 1. The molecule has 1 aliphatic carbocycles. The van der Waals surface area contributed by atoms with Crippen LogP contribution >= 0.6 is 0 Å². The quantitative estimate of drug-likeness (QED) is 0.627. The van der Waals surface area contributed by atoms with Crippen molar-refractivity contribution in [2.75, 3.05) is 20.2 Å². The van der Waals surface area contributed by atoms with Crippen LogP contribution in [0.3, 0.4) is 0 Å². The molecule has 3 amide bonds. The van der Waals surface area contributed by atoms with Crippen molar-refractivity contribution >= 4 is 18.1 Å². The number of nitrogens with zero attached hydrogens (tertiary/aromatic N) is 1. The van der Waals surface area contributed by atoms with E-state index in [1.807, 2.05) is 56.0 Å². The summed E-state index contributed by atoms with van der Waals surface area (Å²) in [5.41, 5.74) is 0.302. The van der Waals surface area contributed by atoms with E-state index in [-0.39, 0.29) is 30.6 Å². The number of carbonyl (C=O) groups is 3. The maximum Gasteiger partial charge on any atom is 0.408 e. The number of methoxy groups -OCH3 is 1. The molecule has 2 fully saturated rings. The Morgan fingerprint density at radius 1 is 1.09 bits per heavy atom. The van der Waals surface area contributed by atoms with Gasteiger partial charge in [0.2, 0.25) is 5.91 Å². The van der Waals surface area contributed by atoms with Crippen molar-refractivity contribution in [1.29, 1.82) is 0 Å². The van der Waals surface area contributed by atoms with Gasteiger partial charge < -0.3 is 29.7 Å². The zero-order valence-electron chi connectivity index (χ0n) is 20.5. The SMILES string of the molecule is COC1CC[C@H](N2CC[C@H](NC(=O)OCc3ccccc3)C2=O)[C@H](CNC(=O)OC(C)(C)C)C1. The second-order valence-electron chi connectivity index (χ2n) is 9.96. The fraction of sp³-hybridized carbons (Fsp3) is 0.640. The number of likely N-dealkylation sites (tertiary alicyclic amines) is 1. The predicted octanol–water partition coefficient (Wildman–Crippen LogP) is 3.22. The number of nitrogens with one attached hydrogen (secondary N) is 2. The molecule has 1 aliphatic heterocycles. The Hall–Kier alpha value is -2.81. The summed E-state index contributed by atoms with van der Waals surface area (Å²) >= 11 is 0. The van der Waals surface area contributed by atoms with E-state index in [0.29, 0.717) is 19.5 Å². The molecule has 0 bridgehead atoms. The summed E-state index contributed by atoms with van der Waals surface area (Å²) in [6.45, 7) is 6.54. The molecule has 0 spiro atoms. The Labute approximate surface area is 201 Å². The highest BCUT2D eigenvalue weighted by Gasteiger charge is 2.42. The third-order valence-electron chi connectivity index (χ3n) is 6.28. The molecule has 3 rings (SSSR count). The summed E-state index contributed by atoms with van der Waals surface area (Å²) in [7, 11) is 1.69. The molecule has 1 unspecified atom stereocenters. The second kappa shape index (κ2) is 11.6. The van der Waals surface area contributed by atoms with Gasteiger partial charge >= 0.3 is 12.2 Å². The number of amides is 3. The van der Waals surface area contributed by atoms with Crippen LogP contribution in [0.1, 0.15) is 52.0 Å². The summed E-state index contributed by atoms with van der Waals surface area (Å²) in [6.07, 6.45) is 1.88. The van der Waals surface area contributed by atoms with Gasteiger partial charge in [-0.05, 0) is 57.9 Å². The Bertz CT molecular complexity index is 841. The van der Waals surface area contributed by atoms with Gasteiger partial charge in [0, 0.05) is 26.2 Å². The molecule has 1 aromatic rings. The van der Waals surface area contributed by atoms with Gasteiger partial charge in [0.25, 0.3) is 0 Å². The van der Waals surface area contributed by atoms with E-state index in [2.05, 4.69) is 10.6 Å². The molecule has 4 atom stereocenters. The fourth-order valence-corrected chi connectivity index (χ4v) is 4.65. The van der Waals surface area contributed by atoms with Crippen LogP contribution in [0, 0.1) is 5.92 Å². The molecule has 188 valence electrons. The molecule has 1 heterocycles. The van der Waals surface area contributed by atoms with E-state index in [0.717, 1.165) is 24.8 Å². The standard InChI is InChI=1S/C25H37N3O6/c1-25(2,3)34-23(30)26-15-18-14-19(32-4)10-11-21(18)28-13-12-20(22(28)29)27-24(31)33-16-17-8-6-5-7-9-17/h5-9,18-21H,10-16H2,1-4H3,(H,26,30)(H,27,31)/t18-,19?,20-,21-/m0/s1. The largest absolute Gasteiger partial charge is 0.445 e. The number of rotatable bonds is 7. The lowest BCUT2D eigenvalue weighted by molar-refractivity contribution is -0.133. The van der Waals surface area contributed by atoms with Gasteiger partial charge in [0.15, 0.2) is 0 Å². The number of hydrogen-bond donors (Lipinski definition) is 2. The molecule has 9 heteroatoms. The number of ether oxygens (including phenoxy) is 3. The van der Waals surface area contributed by atoms with Crippen LogP contribution in [-0.2, 0) is 25.6 Å². The Kier molecular flexibility index (Phi) is 8.77. The van der Waals surface area contributed by atoms with E-state index in [1.165, 1.54) is 0 Å². The van der Waals surface area contributed by atoms with Crippen LogP contribution in [0.2, 0.25) is 0 Å². The van der Waals surface area contributed by atoms with Crippen molar-refractivity contribution < 1.29 is 28.6 Å². The molecule has 2 N–H and O–H groups in total. The maximum absolute atomic E-state index is 13.1. The normalized spacial score (nSPS) is 25.1. The van der Waals surface area contributed by atoms with Gasteiger partial charge in [-0.15, -0.1) is 0 Å². The third kappa shape index (κ3) is 7.35. The average Bonchev–Trinajstić information content (AvgIpc) is 3.15. The minimum absolute atomic E-state index is 0.0268. The first kappa shape index (κ1) is 25.8. The fourth-order valence-electron chi connectivity index (χ4n) is 4.65. The van der Waals surface area contributed by atoms with Gasteiger partial charge in [-0.1, -0.05) is 30.3 Å². The molecular weight excluding hydrogens is 438 g/mol. The zero-order chi connectivity index (χ0) is 24.7. The first-order valence-electron chi connectivity index (χ1n) is 11.9. The van der Waals surface area contributed by atoms with Crippen LogP contribution in [0.25, 0.3) is 0 Å². The first-order chi connectivity index (χ1) is 16.2. The van der Waals surface area contributed by atoms with Crippen LogP contribution in [0.5, 0.6) is 0 Å². The van der Waals surface area contributed by atoms with Crippen molar-refractivity contribution in [3.63, 3.8) is 0 Å². The van der Waals surface area contributed by atoms with Crippen molar-refractivity contribution in [1.82, 2.24) is 15.5 Å². The summed E-state index contributed by atoms with van der Waals surface area (Å²) < 4.78 is 16.2. The lowest BCUT2D eigenvalue weighted by atomic mass is 9.81. The Morgan fingerprint density at radius 2 is 1.82 bits per heavy atom. The molecule has 9 nitrogen and oxygen atoms in total. The first-order valence-corrected chi connectivity index (χ1v) is 11.9. The smallest absolute Gasteiger partial charge is 0.408 e. The third-order valence-corrected chi connectivity index (χ3v) is 6.28. The molecule has 1 saturated heterocycles. The molecule has 1 saturated carbocycles. The maximum atomic E-state index is 13.1. The number of hydrogen-bond acceptors (Lipinski definition) is 6. The van der Waals surface area contributed by atoms with Crippen LogP contribution < -0.4 is 10.6 Å². The Morgan fingerprint density at radius 3 is 2.50 bits per heavy atom. The van der Waals surface area contributed by atoms with Crippen LogP contribution in [0.4, 0.5) is 9.59 Å². The second-order valence-corrected chi connectivity index (χ2v) is 9.96. The Balaban J connectivity index is 1.55. The minimum Gasteiger partial charge on any atom is -0.445 e. The molecular formula is C25H37N3O6. The van der Waals surface area contributed by atoms with Crippen molar-refractivity contribution in [2.24, 2.45) is 5.92 Å². The predicted molar refractivity (Wildman–Crippen MR) is 126 cm³/mol. The van der Waals surface area contributed by atoms with Crippen LogP contribution in [0.15, 0.2) is 30.3 Å². The molecule has 0 aromatic heterocycles. The highest BCUT2D eigenvalue weighted by Crippen LogP contribution is 2.32. The molecule has 2 aliphatic rings. The average molecular weight is 476 g/mol. The van der Waals surface area contributed by atoms with Crippen LogP contribution in [-0.4, -0.2) is 67.0 Å². The zero-order valence-corrected chi connectivity index (χ0v) is 20.5. The summed E-state index contributed by atoms with van der Waals surface area (Å²) in [5.74, 6) is -0.0845. The summed E-state index contributed by atoms with van der Waals surface area (Å²) in [6, 6.07) is 8.74. The number of alkyl carbamates (subject to hydrolysis) is 2. The van der Waals surface area contributed by atoms with Crippen molar-refractivity contribution in [3.8, 4) is 0 Å². The van der Waals surface area contributed by atoms with Gasteiger partial charge in [0.05, 0.1) is 6.10 Å². The van der Waals surface area contributed by atoms with E-state index in [1.54, 1.807) is 7.11 Å². The molecule has 34 heavy (non-hydrogen) atoms. The molecule has 0 radical (unpaired) electrons. The lowest BCUT2D eigenvalue weighted by Gasteiger charge is -2.40. The monoisotopic (exact) mass is 475 g/mol. The highest BCUT2D eigenvalue weighted by atomic mass is 16.6. The highest BCUT2D eigenvalue weighted by molar-refractivity contribution is 5.87. The van der Waals surface area contributed by atoms with E-state index < -0.39 is 23.8 Å².